The van der Waals surface area contributed by atoms with E-state index in [1.165, 1.54) is 0 Å². The van der Waals surface area contributed by atoms with Crippen molar-refractivity contribution in [1.82, 2.24) is 9.97 Å². The Morgan fingerprint density at radius 1 is 1.34 bits per heavy atom. The summed E-state index contributed by atoms with van der Waals surface area (Å²) in [7, 11) is 1.97. The van der Waals surface area contributed by atoms with Gasteiger partial charge in [0, 0.05) is 33.0 Å². The number of hydrogen-bond donors (Lipinski definition) is 0. The topological polar surface area (TPSA) is 58.6 Å². The van der Waals surface area contributed by atoms with Crippen LogP contribution in [0.25, 0.3) is 0 Å². The average Bonchev–Trinajstić information content (AvgIpc) is 3.15. The molecular formula is C22H29ClN4O2. The molecule has 1 aliphatic heterocycles. The second-order valence-corrected chi connectivity index (χ2v) is 8.08. The zero-order chi connectivity index (χ0) is 21.0. The third-order valence-corrected chi connectivity index (χ3v) is 5.72. The fourth-order valence-electron chi connectivity index (χ4n) is 3.62. The number of benzene rings is 1. The van der Waals surface area contributed by atoms with Crippen molar-refractivity contribution in [3.8, 4) is 5.75 Å². The molecule has 2 atom stereocenters. The summed E-state index contributed by atoms with van der Waals surface area (Å²) in [4.78, 5) is 24.2. The van der Waals surface area contributed by atoms with Crippen LogP contribution in [0.3, 0.4) is 0 Å². The van der Waals surface area contributed by atoms with Gasteiger partial charge in [-0.15, -0.1) is 0 Å². The van der Waals surface area contributed by atoms with E-state index in [-0.39, 0.29) is 17.8 Å². The Morgan fingerprint density at radius 3 is 2.72 bits per heavy atom. The van der Waals surface area contributed by atoms with Gasteiger partial charge in [0.25, 0.3) is 0 Å². The predicted molar refractivity (Wildman–Crippen MR) is 117 cm³/mol. The maximum absolute atomic E-state index is 11.3. The first kappa shape index (κ1) is 21.4. The van der Waals surface area contributed by atoms with E-state index < -0.39 is 0 Å². The first-order valence-corrected chi connectivity index (χ1v) is 10.5. The smallest absolute Gasteiger partial charge is 0.153 e. The first-order chi connectivity index (χ1) is 13.9. The van der Waals surface area contributed by atoms with Gasteiger partial charge in [-0.25, -0.2) is 9.97 Å². The molecule has 0 aliphatic carbocycles. The molecule has 1 aliphatic rings. The van der Waals surface area contributed by atoms with Gasteiger partial charge in [0.05, 0.1) is 6.54 Å². The van der Waals surface area contributed by atoms with Gasteiger partial charge in [0.1, 0.15) is 29.0 Å². The van der Waals surface area contributed by atoms with E-state index in [0.29, 0.717) is 11.4 Å². The van der Waals surface area contributed by atoms with Crippen LogP contribution in [0, 0.1) is 0 Å². The highest BCUT2D eigenvalue weighted by Gasteiger charge is 2.28. The number of halogens is 1. The van der Waals surface area contributed by atoms with Crippen molar-refractivity contribution in [3.05, 3.63) is 41.2 Å². The van der Waals surface area contributed by atoms with Crippen molar-refractivity contribution < 1.29 is 9.53 Å². The van der Waals surface area contributed by atoms with Crippen molar-refractivity contribution >= 4 is 29.0 Å². The van der Waals surface area contributed by atoms with Crippen LogP contribution >= 0.6 is 11.6 Å². The Morgan fingerprint density at radius 2 is 2.07 bits per heavy atom. The van der Waals surface area contributed by atoms with Crippen LogP contribution in [0.2, 0.25) is 5.02 Å². The number of nitrogens with zero attached hydrogens (tertiary/aromatic N) is 4. The molecule has 6 nitrogen and oxygen atoms in total. The number of carbonyl (C=O) groups is 1. The van der Waals surface area contributed by atoms with Gasteiger partial charge >= 0.3 is 0 Å². The summed E-state index contributed by atoms with van der Waals surface area (Å²) in [5.41, 5.74) is 1.15. The van der Waals surface area contributed by atoms with Crippen molar-refractivity contribution in [2.75, 3.05) is 36.5 Å². The maximum atomic E-state index is 11.3. The SMILES string of the molecule is CCN(C)c1ncnc(N2CC[C@@H](Oc3ccc([C@H](C)CC(C)=O)cc3)C2)c1Cl. The van der Waals surface area contributed by atoms with Gasteiger partial charge in [-0.1, -0.05) is 30.7 Å². The summed E-state index contributed by atoms with van der Waals surface area (Å²) in [6.45, 7) is 8.15. The second kappa shape index (κ2) is 9.44. The third kappa shape index (κ3) is 5.18. The lowest BCUT2D eigenvalue weighted by Gasteiger charge is -2.23. The summed E-state index contributed by atoms with van der Waals surface area (Å²) < 4.78 is 6.18. The molecule has 0 N–H and O–H groups in total. The molecular weight excluding hydrogens is 388 g/mol. The molecule has 0 bridgehead atoms. The molecule has 0 radical (unpaired) electrons. The highest BCUT2D eigenvalue weighted by molar-refractivity contribution is 6.35. The van der Waals surface area contributed by atoms with Crippen LogP contribution in [-0.4, -0.2) is 48.5 Å². The van der Waals surface area contributed by atoms with Gasteiger partial charge < -0.3 is 19.3 Å². The summed E-state index contributed by atoms with van der Waals surface area (Å²) in [6.07, 6.45) is 3.11. The Balaban J connectivity index is 1.63. The molecule has 0 saturated carbocycles. The fraction of sp³-hybridized carbons (Fsp3) is 0.500. The van der Waals surface area contributed by atoms with Gasteiger partial charge in [-0.3, -0.25) is 0 Å². The standard InChI is InChI=1S/C22H29ClN4O2/c1-5-26(4)21-20(23)22(25-14-24-21)27-11-10-19(13-27)29-18-8-6-17(7-9-18)15(2)12-16(3)28/h6-9,14-15,19H,5,10-13H2,1-4H3/t15-,19-/m1/s1. The number of rotatable bonds is 8. The minimum atomic E-state index is 0.0777. The first-order valence-electron chi connectivity index (χ1n) is 10.1. The molecule has 1 fully saturated rings. The molecule has 0 spiro atoms. The van der Waals surface area contributed by atoms with E-state index in [1.807, 2.05) is 36.2 Å². The fourth-order valence-corrected chi connectivity index (χ4v) is 3.98. The van der Waals surface area contributed by atoms with E-state index in [9.17, 15) is 4.79 Å². The van der Waals surface area contributed by atoms with Crippen molar-refractivity contribution in [2.24, 2.45) is 0 Å². The largest absolute Gasteiger partial charge is 0.489 e. The summed E-state index contributed by atoms with van der Waals surface area (Å²) in [6, 6.07) is 8.06. The van der Waals surface area contributed by atoms with Crippen LogP contribution in [0.5, 0.6) is 5.75 Å². The quantitative estimate of drug-likeness (QED) is 0.638. The molecule has 1 saturated heterocycles. The highest BCUT2D eigenvalue weighted by atomic mass is 35.5. The molecule has 29 heavy (non-hydrogen) atoms. The Kier molecular flexibility index (Phi) is 6.96. The molecule has 2 heterocycles. The Labute approximate surface area is 177 Å². The average molecular weight is 417 g/mol. The zero-order valence-electron chi connectivity index (χ0n) is 17.6. The van der Waals surface area contributed by atoms with Crippen LogP contribution in [-0.2, 0) is 4.79 Å². The molecule has 1 aromatic carbocycles. The lowest BCUT2D eigenvalue weighted by Crippen LogP contribution is -2.26. The number of ketones is 1. The molecule has 0 unspecified atom stereocenters. The molecule has 1 aromatic heterocycles. The minimum Gasteiger partial charge on any atom is -0.489 e. The van der Waals surface area contributed by atoms with E-state index in [4.69, 9.17) is 16.3 Å². The lowest BCUT2D eigenvalue weighted by atomic mass is 9.96. The number of Topliss-reactive ketones (excluding diaryl/α,β-unsaturated/α-hetero) is 1. The van der Waals surface area contributed by atoms with Gasteiger partial charge in [-0.2, -0.15) is 0 Å². The molecule has 156 valence electrons. The van der Waals surface area contributed by atoms with Crippen LogP contribution in [0.4, 0.5) is 11.6 Å². The van der Waals surface area contributed by atoms with Crippen molar-refractivity contribution in [3.63, 3.8) is 0 Å². The molecule has 0 amide bonds. The molecule has 7 heteroatoms. The number of aromatic nitrogens is 2. The summed E-state index contributed by atoms with van der Waals surface area (Å²) in [5.74, 6) is 2.78. The van der Waals surface area contributed by atoms with Gasteiger partial charge in [-0.05, 0) is 37.5 Å². The van der Waals surface area contributed by atoms with E-state index in [0.717, 1.165) is 49.0 Å². The molecule has 3 rings (SSSR count). The van der Waals surface area contributed by atoms with Crippen molar-refractivity contribution in [1.29, 1.82) is 0 Å². The maximum Gasteiger partial charge on any atom is 0.153 e. The van der Waals surface area contributed by atoms with E-state index >= 15 is 0 Å². The van der Waals surface area contributed by atoms with Gasteiger partial charge in [0.15, 0.2) is 11.6 Å². The van der Waals surface area contributed by atoms with Crippen LogP contribution < -0.4 is 14.5 Å². The van der Waals surface area contributed by atoms with Crippen LogP contribution in [0.1, 0.15) is 45.1 Å². The van der Waals surface area contributed by atoms with Gasteiger partial charge in [0.2, 0.25) is 0 Å². The van der Waals surface area contributed by atoms with Crippen LogP contribution in [0.15, 0.2) is 30.6 Å². The Bertz CT molecular complexity index is 843. The minimum absolute atomic E-state index is 0.0777. The lowest BCUT2D eigenvalue weighted by molar-refractivity contribution is -0.117. The molecule has 2 aromatic rings. The summed E-state index contributed by atoms with van der Waals surface area (Å²) in [5, 5.41) is 0.585. The third-order valence-electron chi connectivity index (χ3n) is 5.38. The van der Waals surface area contributed by atoms with E-state index in [2.05, 4.69) is 28.7 Å². The predicted octanol–water partition coefficient (Wildman–Crippen LogP) is 4.33. The number of ether oxygens (including phenoxy) is 1. The normalized spacial score (nSPS) is 17.3. The number of hydrogen-bond acceptors (Lipinski definition) is 6. The number of anilines is 2. The summed E-state index contributed by atoms with van der Waals surface area (Å²) >= 11 is 6.58. The Hall–Kier alpha value is -2.34. The second-order valence-electron chi connectivity index (χ2n) is 7.70. The zero-order valence-corrected chi connectivity index (χ0v) is 18.3. The highest BCUT2D eigenvalue weighted by Crippen LogP contribution is 2.33. The van der Waals surface area contributed by atoms with E-state index in [1.54, 1.807) is 13.3 Å². The monoisotopic (exact) mass is 416 g/mol. The number of carbonyl (C=O) groups excluding carboxylic acids is 1. The van der Waals surface area contributed by atoms with Crippen molar-refractivity contribution in [2.45, 2.75) is 45.6 Å².